The number of rotatable bonds is 5. The summed E-state index contributed by atoms with van der Waals surface area (Å²) in [5, 5.41) is 13.6. The van der Waals surface area contributed by atoms with Crippen molar-refractivity contribution in [1.82, 2.24) is 19.5 Å². The van der Waals surface area contributed by atoms with Gasteiger partial charge in [0.15, 0.2) is 11.2 Å². The normalized spacial score (nSPS) is 26.3. The standard InChI is InChI=1S/C22H36N5O5Si/c1-13(28)24-18-25-16-15(17(29)26-18)23-12-27(16)22(33(8)9)11-21(30,19(2,3)4)14(32-22)10-31-20(5,6)7/h12,14,30H,10-11H2,1-9H3,(H2,24,25,26,28,29)/t14-,21+,22+/m1/s1. The molecule has 3 heterocycles. The summed E-state index contributed by atoms with van der Waals surface area (Å²) in [6.45, 7) is 17.6. The fourth-order valence-electron chi connectivity index (χ4n) is 4.18. The van der Waals surface area contributed by atoms with Crippen LogP contribution >= 0.6 is 0 Å². The number of amides is 1. The molecular weight excluding hydrogens is 442 g/mol. The fraction of sp³-hybridized carbons (Fsp3) is 0.727. The number of nitrogens with zero attached hydrogens (tertiary/aromatic N) is 3. The van der Waals surface area contributed by atoms with Crippen molar-refractivity contribution < 1.29 is 19.4 Å². The van der Waals surface area contributed by atoms with Crippen molar-refractivity contribution in [2.45, 2.75) is 90.6 Å². The molecule has 1 saturated heterocycles. The van der Waals surface area contributed by atoms with Crippen LogP contribution in [-0.4, -0.2) is 63.2 Å². The summed E-state index contributed by atoms with van der Waals surface area (Å²) >= 11 is 0. The zero-order valence-corrected chi connectivity index (χ0v) is 22.0. The van der Waals surface area contributed by atoms with E-state index in [0.29, 0.717) is 12.1 Å². The molecule has 0 saturated carbocycles. The first kappa shape index (κ1) is 25.5. The number of hydrogen-bond donors (Lipinski definition) is 3. The second-order valence-corrected chi connectivity index (χ2v) is 13.8. The highest BCUT2D eigenvalue weighted by molar-refractivity contribution is 6.58. The van der Waals surface area contributed by atoms with Gasteiger partial charge >= 0.3 is 0 Å². The second-order valence-electron chi connectivity index (χ2n) is 11.0. The number of aliphatic hydroxyl groups is 1. The quantitative estimate of drug-likeness (QED) is 0.562. The van der Waals surface area contributed by atoms with Crippen LogP contribution in [0.15, 0.2) is 11.1 Å². The van der Waals surface area contributed by atoms with Crippen LogP contribution < -0.4 is 10.9 Å². The number of anilines is 1. The van der Waals surface area contributed by atoms with Gasteiger partial charge in [-0.3, -0.25) is 24.5 Å². The molecule has 1 aliphatic heterocycles. The maximum Gasteiger partial charge on any atom is 0.280 e. The van der Waals surface area contributed by atoms with Crippen molar-refractivity contribution in [2.24, 2.45) is 5.41 Å². The molecule has 11 heteroatoms. The lowest BCUT2D eigenvalue weighted by Crippen LogP contribution is -2.52. The monoisotopic (exact) mass is 478 g/mol. The van der Waals surface area contributed by atoms with Crippen LogP contribution in [0.1, 0.15) is 54.9 Å². The molecule has 10 nitrogen and oxygen atoms in total. The molecule has 2 aromatic heterocycles. The van der Waals surface area contributed by atoms with E-state index in [0.717, 1.165) is 0 Å². The Bertz CT molecular complexity index is 1100. The molecule has 0 aliphatic carbocycles. The lowest BCUT2D eigenvalue weighted by Gasteiger charge is -2.41. The van der Waals surface area contributed by atoms with Crippen LogP contribution in [0.5, 0.6) is 0 Å². The molecule has 1 amide bonds. The van der Waals surface area contributed by atoms with E-state index in [-0.39, 0.29) is 24.0 Å². The number of aromatic amines is 1. The molecule has 183 valence electrons. The number of hydrogen-bond acceptors (Lipinski definition) is 7. The molecule has 0 unspecified atom stereocenters. The predicted octanol–water partition coefficient (Wildman–Crippen LogP) is 2.41. The molecule has 1 fully saturated rings. The topological polar surface area (TPSA) is 131 Å². The van der Waals surface area contributed by atoms with E-state index in [9.17, 15) is 14.7 Å². The molecule has 3 rings (SSSR count). The van der Waals surface area contributed by atoms with Gasteiger partial charge in [0.2, 0.25) is 11.9 Å². The number of carbonyl (C=O) groups excluding carboxylic acids is 1. The average molecular weight is 479 g/mol. The van der Waals surface area contributed by atoms with Crippen LogP contribution in [0.3, 0.4) is 0 Å². The molecule has 0 bridgehead atoms. The van der Waals surface area contributed by atoms with Crippen molar-refractivity contribution in [3.05, 3.63) is 16.7 Å². The summed E-state index contributed by atoms with van der Waals surface area (Å²) in [6.07, 6.45) is 1.22. The first-order valence-electron chi connectivity index (χ1n) is 11.1. The minimum absolute atomic E-state index is 0.0366. The van der Waals surface area contributed by atoms with E-state index in [1.54, 1.807) is 4.57 Å². The number of aromatic nitrogens is 4. The van der Waals surface area contributed by atoms with E-state index in [1.165, 1.54) is 13.3 Å². The van der Waals surface area contributed by atoms with E-state index in [2.05, 4.69) is 33.4 Å². The third-order valence-electron chi connectivity index (χ3n) is 6.22. The Morgan fingerprint density at radius 2 is 2.00 bits per heavy atom. The van der Waals surface area contributed by atoms with Crippen molar-refractivity contribution in [3.8, 4) is 0 Å². The molecule has 0 spiro atoms. The van der Waals surface area contributed by atoms with Gasteiger partial charge in [-0.2, -0.15) is 4.98 Å². The molecule has 2 aromatic rings. The van der Waals surface area contributed by atoms with Gasteiger partial charge < -0.3 is 14.6 Å². The highest BCUT2D eigenvalue weighted by Gasteiger charge is 2.62. The van der Waals surface area contributed by atoms with Crippen LogP contribution in [0.4, 0.5) is 5.95 Å². The molecule has 0 aromatic carbocycles. The Kier molecular flexibility index (Phi) is 6.42. The van der Waals surface area contributed by atoms with Gasteiger partial charge in [0.25, 0.3) is 5.56 Å². The van der Waals surface area contributed by atoms with Crippen molar-refractivity contribution in [3.63, 3.8) is 0 Å². The van der Waals surface area contributed by atoms with Gasteiger partial charge in [-0.1, -0.05) is 33.9 Å². The third-order valence-corrected chi connectivity index (χ3v) is 8.32. The maximum atomic E-state index is 12.6. The van der Waals surface area contributed by atoms with Gasteiger partial charge in [-0.15, -0.1) is 0 Å². The lowest BCUT2D eigenvalue weighted by atomic mass is 9.72. The van der Waals surface area contributed by atoms with Crippen molar-refractivity contribution in [2.75, 3.05) is 11.9 Å². The number of imidazole rings is 1. The summed E-state index contributed by atoms with van der Waals surface area (Å²) in [5.74, 6) is -0.317. The summed E-state index contributed by atoms with van der Waals surface area (Å²) in [6, 6.07) is 0. The number of nitrogens with one attached hydrogen (secondary N) is 2. The first-order chi connectivity index (χ1) is 15.0. The minimum atomic E-state index is -1.30. The van der Waals surface area contributed by atoms with Crippen LogP contribution in [0, 0.1) is 5.41 Å². The molecule has 3 atom stereocenters. The molecule has 1 radical (unpaired) electrons. The Labute approximate surface area is 195 Å². The predicted molar refractivity (Wildman–Crippen MR) is 128 cm³/mol. The van der Waals surface area contributed by atoms with Crippen LogP contribution in [0.2, 0.25) is 13.1 Å². The SMILES string of the molecule is CC(=O)Nc1nc2c(ncn2[C@@]2([Si](C)C)C[C@@](O)(C(C)(C)C)[C@@H](COC(C)(C)C)O2)c(=O)[nH]1. The minimum Gasteiger partial charge on any atom is -0.386 e. The van der Waals surface area contributed by atoms with E-state index in [4.69, 9.17) is 9.47 Å². The van der Waals surface area contributed by atoms with Gasteiger partial charge in [0, 0.05) is 13.3 Å². The molecule has 1 aliphatic rings. The largest absolute Gasteiger partial charge is 0.386 e. The summed E-state index contributed by atoms with van der Waals surface area (Å²) in [7, 11) is -1.30. The van der Waals surface area contributed by atoms with E-state index < -0.39 is 42.4 Å². The maximum absolute atomic E-state index is 12.6. The van der Waals surface area contributed by atoms with E-state index >= 15 is 0 Å². The Morgan fingerprint density at radius 1 is 1.36 bits per heavy atom. The molecule has 33 heavy (non-hydrogen) atoms. The highest BCUT2D eigenvalue weighted by Crippen LogP contribution is 2.51. The number of carbonyl (C=O) groups is 1. The van der Waals surface area contributed by atoms with Gasteiger partial charge in [-0.05, 0) is 26.2 Å². The third kappa shape index (κ3) is 4.64. The summed E-state index contributed by atoms with van der Waals surface area (Å²) in [4.78, 5) is 35.5. The fourth-order valence-corrected chi connectivity index (χ4v) is 5.82. The zero-order valence-electron chi connectivity index (χ0n) is 21.0. The molecular formula is C22H36N5O5Si. The Balaban J connectivity index is 2.18. The summed E-state index contributed by atoms with van der Waals surface area (Å²) < 4.78 is 14.5. The van der Waals surface area contributed by atoms with Gasteiger partial charge in [-0.25, -0.2) is 4.98 Å². The number of fused-ring (bicyclic) bond motifs is 1. The van der Waals surface area contributed by atoms with E-state index in [1.807, 2.05) is 41.5 Å². The van der Waals surface area contributed by atoms with Gasteiger partial charge in [0.05, 0.1) is 18.5 Å². The summed E-state index contributed by atoms with van der Waals surface area (Å²) in [5.41, 5.74) is -2.15. The van der Waals surface area contributed by atoms with Crippen molar-refractivity contribution in [1.29, 1.82) is 0 Å². The van der Waals surface area contributed by atoms with Gasteiger partial charge in [0.1, 0.15) is 25.9 Å². The van der Waals surface area contributed by atoms with Crippen LogP contribution in [-0.2, 0) is 19.6 Å². The number of H-pyrrole nitrogens is 1. The molecule has 3 N–H and O–H groups in total. The first-order valence-corrected chi connectivity index (χ1v) is 13.6. The van der Waals surface area contributed by atoms with Crippen molar-refractivity contribution >= 4 is 31.8 Å². The average Bonchev–Trinajstić information content (AvgIpc) is 3.19. The Hall–Kier alpha value is -2.08. The second kappa shape index (κ2) is 8.29. The Morgan fingerprint density at radius 3 is 2.52 bits per heavy atom. The zero-order chi connectivity index (χ0) is 25.0. The van der Waals surface area contributed by atoms with Crippen LogP contribution in [0.25, 0.3) is 11.2 Å². The smallest absolute Gasteiger partial charge is 0.280 e. The number of ether oxygens (including phenoxy) is 2. The lowest BCUT2D eigenvalue weighted by molar-refractivity contribution is -0.159. The highest BCUT2D eigenvalue weighted by atomic mass is 28.3.